The fourth-order valence-electron chi connectivity index (χ4n) is 9.91. The number of para-hydroxylation sites is 2. The van der Waals surface area contributed by atoms with Crippen molar-refractivity contribution in [3.63, 3.8) is 0 Å². The van der Waals surface area contributed by atoms with Crippen LogP contribution < -0.4 is 0 Å². The number of aromatic nitrogens is 5. The van der Waals surface area contributed by atoms with Crippen molar-refractivity contribution in [1.29, 1.82) is 0 Å². The van der Waals surface area contributed by atoms with Gasteiger partial charge in [0.1, 0.15) is 0 Å². The van der Waals surface area contributed by atoms with Crippen molar-refractivity contribution in [2.24, 2.45) is 0 Å². The highest BCUT2D eigenvalue weighted by atomic mass is 15.0. The van der Waals surface area contributed by atoms with E-state index in [1.54, 1.807) is 0 Å². The van der Waals surface area contributed by atoms with E-state index < -0.39 is 0 Å². The van der Waals surface area contributed by atoms with E-state index in [0.717, 1.165) is 88.5 Å². The average Bonchev–Trinajstić information content (AvgIpc) is 3.76. The Hall–Kier alpha value is -9.06. The first-order valence-corrected chi connectivity index (χ1v) is 22.6. The molecule has 0 atom stereocenters. The lowest BCUT2D eigenvalue weighted by Gasteiger charge is -2.14. The van der Waals surface area contributed by atoms with E-state index in [9.17, 15) is 0 Å². The summed E-state index contributed by atoms with van der Waals surface area (Å²) in [4.78, 5) is 20.6. The predicted octanol–water partition coefficient (Wildman–Crippen LogP) is 15.8. The van der Waals surface area contributed by atoms with Crippen LogP contribution in [0.1, 0.15) is 0 Å². The third-order valence-electron chi connectivity index (χ3n) is 13.0. The third-order valence-corrected chi connectivity index (χ3v) is 13.0. The molecule has 0 amide bonds. The highest BCUT2D eigenvalue weighted by molar-refractivity contribution is 6.28. The molecular weight excluding hydrogens is 815 g/mol. The van der Waals surface area contributed by atoms with Crippen molar-refractivity contribution in [3.05, 3.63) is 237 Å². The Kier molecular flexibility index (Phi) is 9.10. The molecule has 0 N–H and O–H groups in total. The molecule has 0 spiro atoms. The van der Waals surface area contributed by atoms with Crippen LogP contribution in [0.2, 0.25) is 0 Å². The zero-order valence-corrected chi connectivity index (χ0v) is 36.3. The van der Waals surface area contributed by atoms with Gasteiger partial charge in [0.25, 0.3) is 0 Å². The topological polar surface area (TPSA) is 56.5 Å². The van der Waals surface area contributed by atoms with Crippen LogP contribution in [-0.2, 0) is 0 Å². The lowest BCUT2D eigenvalue weighted by atomic mass is 9.92. The number of rotatable bonds is 7. The second-order valence-corrected chi connectivity index (χ2v) is 17.0. The quantitative estimate of drug-likeness (QED) is 0.150. The molecule has 0 bridgehead atoms. The fourth-order valence-corrected chi connectivity index (χ4v) is 9.91. The summed E-state index contributed by atoms with van der Waals surface area (Å²) in [5, 5.41) is 8.10. The monoisotopic (exact) mass is 853 g/mol. The van der Waals surface area contributed by atoms with Crippen LogP contribution in [0, 0.1) is 0 Å². The lowest BCUT2D eigenvalue weighted by molar-refractivity contribution is 1.08. The molecule has 0 aliphatic heterocycles. The van der Waals surface area contributed by atoms with E-state index in [1.165, 1.54) is 21.7 Å². The van der Waals surface area contributed by atoms with Crippen molar-refractivity contribution in [3.8, 4) is 73.4 Å². The van der Waals surface area contributed by atoms with E-state index in [1.807, 2.05) is 60.7 Å². The summed E-state index contributed by atoms with van der Waals surface area (Å²) in [5.74, 6) is 1.93. The number of nitrogens with zero attached hydrogens (tertiary/aromatic N) is 5. The van der Waals surface area contributed by atoms with Crippen molar-refractivity contribution in [1.82, 2.24) is 24.5 Å². The van der Waals surface area contributed by atoms with Gasteiger partial charge >= 0.3 is 0 Å². The van der Waals surface area contributed by atoms with Crippen molar-refractivity contribution in [2.75, 3.05) is 0 Å². The third kappa shape index (κ3) is 6.55. The van der Waals surface area contributed by atoms with E-state index >= 15 is 0 Å². The molecule has 0 fully saturated rings. The molecular formula is C62H39N5. The molecule has 0 unspecified atom stereocenters. The maximum atomic E-state index is 5.48. The molecule has 67 heavy (non-hydrogen) atoms. The SMILES string of the molecule is c1ccc(-c2nc(-c3ccccc3)nc(-c3ccc(-c4ccc(-c5ccc6nc(-c7ccccc7)c7c(ccc8c7c7ccccc7n8-c7ccccc7)c6c5)cc4)c4ccccc34)n2)cc1. The zero-order valence-electron chi connectivity index (χ0n) is 36.3. The van der Waals surface area contributed by atoms with Crippen LogP contribution in [-0.4, -0.2) is 24.5 Å². The predicted molar refractivity (Wildman–Crippen MR) is 277 cm³/mol. The maximum absolute atomic E-state index is 5.48. The minimum Gasteiger partial charge on any atom is -0.309 e. The first-order valence-electron chi connectivity index (χ1n) is 22.6. The largest absolute Gasteiger partial charge is 0.309 e. The molecule has 0 radical (unpaired) electrons. The molecule has 312 valence electrons. The van der Waals surface area contributed by atoms with Crippen LogP contribution in [0.5, 0.6) is 0 Å². The van der Waals surface area contributed by atoms with Gasteiger partial charge in [0.05, 0.1) is 22.2 Å². The molecule has 3 aromatic heterocycles. The summed E-state index contributed by atoms with van der Waals surface area (Å²) < 4.78 is 2.38. The summed E-state index contributed by atoms with van der Waals surface area (Å²) in [7, 11) is 0. The second-order valence-electron chi connectivity index (χ2n) is 17.0. The van der Waals surface area contributed by atoms with Gasteiger partial charge in [-0.05, 0) is 80.9 Å². The first-order chi connectivity index (χ1) is 33.2. The highest BCUT2D eigenvalue weighted by Gasteiger charge is 2.21. The molecule has 10 aromatic carbocycles. The Morgan fingerprint density at radius 1 is 0.269 bits per heavy atom. The Bertz CT molecular complexity index is 3940. The molecule has 0 saturated carbocycles. The molecule has 3 heterocycles. The molecule has 13 aromatic rings. The molecule has 0 aliphatic rings. The smallest absolute Gasteiger partial charge is 0.164 e. The standard InChI is InChI=1S/C62H39N5/c1-5-17-42(18-6-1)59-58-50(36-38-56-57(58)52-27-15-16-28-55(52)67(56)46-23-11-4-12-24-46)53-39-45(33-37-54(53)63-59)40-29-31-41(32-30-40)47-34-35-51(49-26-14-13-25-48(47)49)62-65-60(43-19-7-2-8-20-43)64-61(66-62)44-21-9-3-10-22-44/h1-39H. The van der Waals surface area contributed by atoms with Crippen LogP contribution >= 0.6 is 0 Å². The number of pyridine rings is 1. The molecule has 5 nitrogen and oxygen atoms in total. The molecule has 5 heteroatoms. The Morgan fingerprint density at radius 2 is 0.791 bits per heavy atom. The zero-order chi connectivity index (χ0) is 44.3. The average molecular weight is 854 g/mol. The first kappa shape index (κ1) is 38.4. The summed E-state index contributed by atoms with van der Waals surface area (Å²) in [6.45, 7) is 0. The van der Waals surface area contributed by atoms with Crippen molar-refractivity contribution >= 4 is 54.3 Å². The van der Waals surface area contributed by atoms with Gasteiger partial charge in [-0.3, -0.25) is 0 Å². The molecule has 13 rings (SSSR count). The Balaban J connectivity index is 0.930. The van der Waals surface area contributed by atoms with Crippen LogP contribution in [0.25, 0.3) is 128 Å². The molecule has 0 aliphatic carbocycles. The van der Waals surface area contributed by atoms with Crippen LogP contribution in [0.3, 0.4) is 0 Å². The number of hydrogen-bond acceptors (Lipinski definition) is 4. The van der Waals surface area contributed by atoms with Crippen molar-refractivity contribution in [2.45, 2.75) is 0 Å². The van der Waals surface area contributed by atoms with Gasteiger partial charge in [-0.2, -0.15) is 0 Å². The van der Waals surface area contributed by atoms with Gasteiger partial charge in [0, 0.05) is 49.5 Å². The van der Waals surface area contributed by atoms with E-state index in [4.69, 9.17) is 19.9 Å². The van der Waals surface area contributed by atoms with Gasteiger partial charge in [-0.15, -0.1) is 0 Å². The summed E-state index contributed by atoms with van der Waals surface area (Å²) in [5.41, 5.74) is 13.9. The molecule has 0 saturated heterocycles. The second kappa shape index (κ2) is 15.9. The minimum absolute atomic E-state index is 0.641. The number of fused-ring (bicyclic) bond motifs is 8. The van der Waals surface area contributed by atoms with Gasteiger partial charge in [-0.25, -0.2) is 19.9 Å². The number of hydrogen-bond donors (Lipinski definition) is 0. The van der Waals surface area contributed by atoms with E-state index in [-0.39, 0.29) is 0 Å². The van der Waals surface area contributed by atoms with Gasteiger partial charge < -0.3 is 4.57 Å². The Labute approximate surface area is 387 Å². The van der Waals surface area contributed by atoms with Gasteiger partial charge in [0.15, 0.2) is 17.5 Å². The summed E-state index contributed by atoms with van der Waals surface area (Å²) in [6.07, 6.45) is 0. The van der Waals surface area contributed by atoms with Crippen LogP contribution in [0.15, 0.2) is 237 Å². The summed E-state index contributed by atoms with van der Waals surface area (Å²) in [6, 6.07) is 83.4. The van der Waals surface area contributed by atoms with E-state index in [0.29, 0.717) is 17.5 Å². The number of benzene rings is 10. The lowest BCUT2D eigenvalue weighted by Crippen LogP contribution is -2.00. The normalized spacial score (nSPS) is 11.6. The maximum Gasteiger partial charge on any atom is 0.164 e. The van der Waals surface area contributed by atoms with Gasteiger partial charge in [-0.1, -0.05) is 194 Å². The minimum atomic E-state index is 0.641. The highest BCUT2D eigenvalue weighted by Crippen LogP contribution is 2.44. The Morgan fingerprint density at radius 3 is 1.46 bits per heavy atom. The summed E-state index contributed by atoms with van der Waals surface area (Å²) >= 11 is 0. The van der Waals surface area contributed by atoms with E-state index in [2.05, 4.69) is 180 Å². The van der Waals surface area contributed by atoms with Crippen molar-refractivity contribution < 1.29 is 0 Å². The van der Waals surface area contributed by atoms with Gasteiger partial charge in [0.2, 0.25) is 0 Å². The van der Waals surface area contributed by atoms with Crippen LogP contribution in [0.4, 0.5) is 0 Å². The fraction of sp³-hybridized carbons (Fsp3) is 0.